The van der Waals surface area contributed by atoms with Crippen molar-refractivity contribution in [1.29, 1.82) is 0 Å². The van der Waals surface area contributed by atoms with E-state index in [1.165, 1.54) is 0 Å². The van der Waals surface area contributed by atoms with Crippen LogP contribution in [0, 0.1) is 0 Å². The summed E-state index contributed by atoms with van der Waals surface area (Å²) in [6.45, 7) is 4.71. The number of benzene rings is 1. The highest BCUT2D eigenvalue weighted by atomic mass is 16.2. The molecule has 2 aromatic heterocycles. The van der Waals surface area contributed by atoms with Gasteiger partial charge < -0.3 is 9.88 Å². The maximum absolute atomic E-state index is 13.3. The first-order valence-electron chi connectivity index (χ1n) is 9.75. The molecule has 0 fully saturated rings. The lowest BCUT2D eigenvalue weighted by Gasteiger charge is -2.37. The van der Waals surface area contributed by atoms with Crippen molar-refractivity contribution in [2.24, 2.45) is 0 Å². The van der Waals surface area contributed by atoms with Gasteiger partial charge in [0, 0.05) is 48.7 Å². The van der Waals surface area contributed by atoms with Crippen LogP contribution in [0.3, 0.4) is 0 Å². The summed E-state index contributed by atoms with van der Waals surface area (Å²) in [6.07, 6.45) is 8.07. The number of hydrogen-bond acceptors (Lipinski definition) is 4. The molecule has 0 spiro atoms. The van der Waals surface area contributed by atoms with E-state index in [0.29, 0.717) is 24.2 Å². The van der Waals surface area contributed by atoms with Crippen LogP contribution in [0.1, 0.15) is 43.1 Å². The highest BCUT2D eigenvalue weighted by molar-refractivity contribution is 6.07. The van der Waals surface area contributed by atoms with Crippen LogP contribution < -0.4 is 10.2 Å². The Morgan fingerprint density at radius 3 is 2.83 bits per heavy atom. The molecule has 29 heavy (non-hydrogen) atoms. The van der Waals surface area contributed by atoms with Gasteiger partial charge in [0.05, 0.1) is 18.6 Å². The van der Waals surface area contributed by atoms with Crippen LogP contribution in [0.25, 0.3) is 0 Å². The maximum atomic E-state index is 13.3. The quantitative estimate of drug-likeness (QED) is 0.723. The number of amides is 2. The Hall–Kier alpha value is -3.42. The van der Waals surface area contributed by atoms with E-state index in [4.69, 9.17) is 0 Å². The predicted molar refractivity (Wildman–Crippen MR) is 110 cm³/mol. The molecule has 0 bridgehead atoms. The third-order valence-corrected chi connectivity index (χ3v) is 5.21. The first-order valence-corrected chi connectivity index (χ1v) is 9.75. The smallest absolute Gasteiger partial charge is 0.259 e. The van der Waals surface area contributed by atoms with Crippen molar-refractivity contribution >= 4 is 23.3 Å². The lowest BCUT2D eigenvalue weighted by atomic mass is 10.0. The average molecular weight is 392 g/mol. The Morgan fingerprint density at radius 1 is 1.17 bits per heavy atom. The van der Waals surface area contributed by atoms with E-state index in [1.54, 1.807) is 47.9 Å². The van der Waals surface area contributed by atoms with E-state index < -0.39 is 0 Å². The molecule has 0 aliphatic carbocycles. The van der Waals surface area contributed by atoms with Crippen molar-refractivity contribution in [2.75, 3.05) is 10.2 Å². The molecule has 150 valence electrons. The fourth-order valence-electron chi connectivity index (χ4n) is 3.81. The molecule has 0 saturated carbocycles. The normalized spacial score (nSPS) is 18.3. The molecule has 4 rings (SSSR count). The van der Waals surface area contributed by atoms with Crippen molar-refractivity contribution in [3.05, 3.63) is 60.8 Å². The standard InChI is InChI=1S/C21H24N6O2/c1-15-12-16(2)27-20(6-8-23-27)26(15)21(29)17-4-3-5-18(13-17)24-19(28)7-10-25-11-9-22-14-25/h3-6,8-9,11,13-16H,7,10,12H2,1-2H3,(H,24,28). The van der Waals surface area contributed by atoms with Crippen molar-refractivity contribution in [1.82, 2.24) is 19.3 Å². The zero-order valence-electron chi connectivity index (χ0n) is 16.5. The van der Waals surface area contributed by atoms with Crippen molar-refractivity contribution in [2.45, 2.75) is 45.3 Å². The summed E-state index contributed by atoms with van der Waals surface area (Å²) < 4.78 is 3.74. The summed E-state index contributed by atoms with van der Waals surface area (Å²) in [5.74, 6) is 0.596. The zero-order valence-corrected chi connectivity index (χ0v) is 16.5. The zero-order chi connectivity index (χ0) is 20.4. The van der Waals surface area contributed by atoms with E-state index >= 15 is 0 Å². The molecule has 3 heterocycles. The minimum absolute atomic E-state index is 0.0649. The minimum Gasteiger partial charge on any atom is -0.337 e. The maximum Gasteiger partial charge on any atom is 0.259 e. The molecule has 0 radical (unpaired) electrons. The second-order valence-corrected chi connectivity index (χ2v) is 7.42. The van der Waals surface area contributed by atoms with E-state index in [9.17, 15) is 9.59 Å². The second kappa shape index (κ2) is 7.90. The van der Waals surface area contributed by atoms with E-state index in [-0.39, 0.29) is 23.9 Å². The Kier molecular flexibility index (Phi) is 5.16. The summed E-state index contributed by atoms with van der Waals surface area (Å²) in [5, 5.41) is 7.23. The molecule has 3 aromatic rings. The molecule has 1 aliphatic rings. The third kappa shape index (κ3) is 3.91. The lowest BCUT2D eigenvalue weighted by molar-refractivity contribution is -0.116. The van der Waals surface area contributed by atoms with Gasteiger partial charge in [-0.25, -0.2) is 9.67 Å². The Balaban J connectivity index is 1.48. The molecule has 1 N–H and O–H groups in total. The SMILES string of the molecule is CC1CC(C)n2nccc2N1C(=O)c1cccc(NC(=O)CCn2ccnc2)c1. The van der Waals surface area contributed by atoms with Crippen LogP contribution in [0.4, 0.5) is 11.5 Å². The average Bonchev–Trinajstić information content (AvgIpc) is 3.38. The summed E-state index contributed by atoms with van der Waals surface area (Å²) in [4.78, 5) is 31.3. The predicted octanol–water partition coefficient (Wildman–Crippen LogP) is 3.11. The molecule has 2 unspecified atom stereocenters. The van der Waals surface area contributed by atoms with Gasteiger partial charge in [0.2, 0.25) is 5.91 Å². The van der Waals surface area contributed by atoms with Gasteiger partial charge in [-0.2, -0.15) is 5.10 Å². The van der Waals surface area contributed by atoms with E-state index in [0.717, 1.165) is 12.2 Å². The summed E-state index contributed by atoms with van der Waals surface area (Å²) in [6, 6.07) is 9.25. The Labute approximate surface area is 169 Å². The monoisotopic (exact) mass is 392 g/mol. The molecule has 8 nitrogen and oxygen atoms in total. The largest absolute Gasteiger partial charge is 0.337 e. The fourth-order valence-corrected chi connectivity index (χ4v) is 3.81. The number of carbonyl (C=O) groups is 2. The first-order chi connectivity index (χ1) is 14.0. The number of imidazole rings is 1. The van der Waals surface area contributed by atoms with Gasteiger partial charge in [-0.05, 0) is 38.5 Å². The number of rotatable bonds is 5. The fraction of sp³-hybridized carbons (Fsp3) is 0.333. The number of fused-ring (bicyclic) bond motifs is 1. The molecule has 8 heteroatoms. The molecular weight excluding hydrogens is 368 g/mol. The summed E-state index contributed by atoms with van der Waals surface area (Å²) >= 11 is 0. The van der Waals surface area contributed by atoms with Gasteiger partial charge in [-0.3, -0.25) is 14.5 Å². The Bertz CT molecular complexity index is 1010. The summed E-state index contributed by atoms with van der Waals surface area (Å²) in [7, 11) is 0. The van der Waals surface area contributed by atoms with Gasteiger partial charge in [-0.1, -0.05) is 6.07 Å². The van der Waals surface area contributed by atoms with Crippen LogP contribution in [0.15, 0.2) is 55.2 Å². The topological polar surface area (TPSA) is 85.0 Å². The molecule has 2 amide bonds. The molecule has 0 saturated heterocycles. The van der Waals surface area contributed by atoms with Crippen LogP contribution in [0.2, 0.25) is 0 Å². The second-order valence-electron chi connectivity index (χ2n) is 7.42. The molecule has 2 atom stereocenters. The van der Waals surface area contributed by atoms with Crippen LogP contribution in [-0.2, 0) is 11.3 Å². The third-order valence-electron chi connectivity index (χ3n) is 5.21. The minimum atomic E-state index is -0.110. The number of carbonyl (C=O) groups excluding carboxylic acids is 2. The van der Waals surface area contributed by atoms with Crippen molar-refractivity contribution in [3.63, 3.8) is 0 Å². The Morgan fingerprint density at radius 2 is 2.03 bits per heavy atom. The van der Waals surface area contributed by atoms with Gasteiger partial charge in [0.15, 0.2) is 0 Å². The number of hydrogen-bond donors (Lipinski definition) is 1. The highest BCUT2D eigenvalue weighted by Gasteiger charge is 2.33. The van der Waals surface area contributed by atoms with E-state index in [2.05, 4.69) is 22.3 Å². The molecule has 1 aromatic carbocycles. The van der Waals surface area contributed by atoms with Crippen molar-refractivity contribution in [3.8, 4) is 0 Å². The number of nitrogens with one attached hydrogen (secondary N) is 1. The number of anilines is 2. The van der Waals surface area contributed by atoms with Crippen molar-refractivity contribution < 1.29 is 9.59 Å². The van der Waals surface area contributed by atoms with Crippen LogP contribution in [0.5, 0.6) is 0 Å². The first kappa shape index (κ1) is 18.9. The number of nitrogens with zero attached hydrogens (tertiary/aromatic N) is 5. The highest BCUT2D eigenvalue weighted by Crippen LogP contribution is 2.32. The van der Waals surface area contributed by atoms with Crippen LogP contribution in [-0.4, -0.2) is 37.2 Å². The summed E-state index contributed by atoms with van der Waals surface area (Å²) in [5.41, 5.74) is 1.14. The number of aryl methyl sites for hydroxylation is 1. The van der Waals surface area contributed by atoms with Gasteiger partial charge in [0.1, 0.15) is 5.82 Å². The van der Waals surface area contributed by atoms with E-state index in [1.807, 2.05) is 28.4 Å². The van der Waals surface area contributed by atoms with Gasteiger partial charge in [-0.15, -0.1) is 0 Å². The molecule has 1 aliphatic heterocycles. The molecular formula is C21H24N6O2. The van der Waals surface area contributed by atoms with Gasteiger partial charge in [0.25, 0.3) is 5.91 Å². The number of aromatic nitrogens is 4. The lowest BCUT2D eigenvalue weighted by Crippen LogP contribution is -2.45. The van der Waals surface area contributed by atoms with Crippen LogP contribution >= 0.6 is 0 Å². The van der Waals surface area contributed by atoms with Gasteiger partial charge >= 0.3 is 0 Å².